The summed E-state index contributed by atoms with van der Waals surface area (Å²) in [4.78, 5) is 14.9. The molecule has 2 fully saturated rings. The number of carbonyl (C=O) groups excluding carboxylic acids is 1. The number of nitrogens with two attached hydrogens (primary N) is 1. The zero-order valence-electron chi connectivity index (χ0n) is 13.6. The monoisotopic (exact) mass is 318 g/mol. The molecule has 0 aliphatic carbocycles. The normalized spacial score (nSPS) is 21.9. The van der Waals surface area contributed by atoms with Crippen LogP contribution in [0.2, 0.25) is 0 Å². The molecular formula is C18H26N2O3. The number of hydrogen-bond donors (Lipinski definition) is 1. The molecule has 1 amide bonds. The molecule has 2 saturated heterocycles. The number of amides is 1. The van der Waals surface area contributed by atoms with Crippen LogP contribution in [-0.4, -0.2) is 49.8 Å². The first-order valence-electron chi connectivity index (χ1n) is 8.52. The molecule has 2 heterocycles. The van der Waals surface area contributed by atoms with Crippen molar-refractivity contribution in [3.63, 3.8) is 0 Å². The Morgan fingerprint density at radius 3 is 2.48 bits per heavy atom. The Labute approximate surface area is 137 Å². The molecule has 0 atom stereocenters. The average molecular weight is 318 g/mol. The van der Waals surface area contributed by atoms with Gasteiger partial charge < -0.3 is 20.1 Å². The third-order valence-electron chi connectivity index (χ3n) is 5.07. The van der Waals surface area contributed by atoms with Crippen LogP contribution in [0.5, 0.6) is 5.75 Å². The van der Waals surface area contributed by atoms with Crippen molar-refractivity contribution in [2.75, 3.05) is 32.8 Å². The second kappa shape index (κ2) is 7.32. The number of ether oxygens (including phenoxy) is 2. The summed E-state index contributed by atoms with van der Waals surface area (Å²) in [6.07, 6.45) is 3.41. The highest BCUT2D eigenvalue weighted by molar-refractivity contribution is 5.83. The van der Waals surface area contributed by atoms with Gasteiger partial charge in [-0.05, 0) is 25.0 Å². The first-order valence-corrected chi connectivity index (χ1v) is 8.52. The van der Waals surface area contributed by atoms with Crippen molar-refractivity contribution in [1.29, 1.82) is 0 Å². The lowest BCUT2D eigenvalue weighted by atomic mass is 9.78. The fourth-order valence-corrected chi connectivity index (χ4v) is 3.47. The van der Waals surface area contributed by atoms with Gasteiger partial charge in [-0.1, -0.05) is 18.2 Å². The van der Waals surface area contributed by atoms with Crippen LogP contribution in [0.3, 0.4) is 0 Å². The smallest absolute Gasteiger partial charge is 0.230 e. The second-order valence-corrected chi connectivity index (χ2v) is 6.52. The van der Waals surface area contributed by atoms with Crippen LogP contribution in [0.1, 0.15) is 25.7 Å². The molecule has 3 rings (SSSR count). The van der Waals surface area contributed by atoms with E-state index in [1.54, 1.807) is 0 Å². The maximum Gasteiger partial charge on any atom is 0.230 e. The van der Waals surface area contributed by atoms with E-state index in [1.165, 1.54) is 0 Å². The zero-order valence-corrected chi connectivity index (χ0v) is 13.6. The molecule has 0 saturated carbocycles. The van der Waals surface area contributed by atoms with Crippen LogP contribution in [0.15, 0.2) is 30.3 Å². The van der Waals surface area contributed by atoms with Gasteiger partial charge in [-0.25, -0.2) is 0 Å². The summed E-state index contributed by atoms with van der Waals surface area (Å²) >= 11 is 0. The summed E-state index contributed by atoms with van der Waals surface area (Å²) in [6, 6.07) is 9.88. The number of rotatable bonds is 4. The molecule has 1 aromatic carbocycles. The molecule has 0 bridgehead atoms. The van der Waals surface area contributed by atoms with Crippen molar-refractivity contribution >= 4 is 5.91 Å². The maximum absolute atomic E-state index is 12.9. The van der Waals surface area contributed by atoms with Gasteiger partial charge in [0.15, 0.2) is 0 Å². The van der Waals surface area contributed by atoms with Crippen LogP contribution < -0.4 is 10.5 Å². The van der Waals surface area contributed by atoms with Crippen LogP contribution in [0, 0.1) is 5.41 Å². The Kier molecular flexibility index (Phi) is 5.18. The van der Waals surface area contributed by atoms with Gasteiger partial charge in [0.1, 0.15) is 11.9 Å². The summed E-state index contributed by atoms with van der Waals surface area (Å²) in [6.45, 7) is 3.18. The summed E-state index contributed by atoms with van der Waals surface area (Å²) in [5.41, 5.74) is 5.54. The first-order chi connectivity index (χ1) is 11.2. The fourth-order valence-electron chi connectivity index (χ4n) is 3.47. The summed E-state index contributed by atoms with van der Waals surface area (Å²) in [5.74, 6) is 1.11. The summed E-state index contributed by atoms with van der Waals surface area (Å²) in [7, 11) is 0. The maximum atomic E-state index is 12.9. The van der Waals surface area contributed by atoms with Gasteiger partial charge in [0.25, 0.3) is 0 Å². The van der Waals surface area contributed by atoms with Crippen LogP contribution >= 0.6 is 0 Å². The van der Waals surface area contributed by atoms with E-state index in [4.69, 9.17) is 15.2 Å². The molecule has 5 heteroatoms. The van der Waals surface area contributed by atoms with E-state index >= 15 is 0 Å². The third kappa shape index (κ3) is 3.67. The van der Waals surface area contributed by atoms with Crippen molar-refractivity contribution in [2.45, 2.75) is 31.8 Å². The molecule has 2 aliphatic heterocycles. The molecule has 0 aromatic heterocycles. The van der Waals surface area contributed by atoms with Crippen molar-refractivity contribution < 1.29 is 14.3 Å². The molecule has 2 aliphatic rings. The molecule has 0 spiro atoms. The Bertz CT molecular complexity index is 506. The van der Waals surface area contributed by atoms with E-state index < -0.39 is 5.41 Å². The van der Waals surface area contributed by atoms with E-state index in [2.05, 4.69) is 0 Å². The molecule has 1 aromatic rings. The van der Waals surface area contributed by atoms with Gasteiger partial charge in [-0.3, -0.25) is 4.79 Å². The first kappa shape index (κ1) is 16.3. The predicted molar refractivity (Wildman–Crippen MR) is 88.2 cm³/mol. The van der Waals surface area contributed by atoms with Crippen molar-refractivity contribution in [1.82, 2.24) is 4.90 Å². The highest BCUT2D eigenvalue weighted by Gasteiger charge is 2.42. The van der Waals surface area contributed by atoms with E-state index in [-0.39, 0.29) is 12.0 Å². The van der Waals surface area contributed by atoms with E-state index in [0.717, 1.165) is 44.5 Å². The van der Waals surface area contributed by atoms with Gasteiger partial charge in [0.2, 0.25) is 5.91 Å². The molecule has 0 radical (unpaired) electrons. The quantitative estimate of drug-likeness (QED) is 0.919. The number of hydrogen-bond acceptors (Lipinski definition) is 4. The molecule has 5 nitrogen and oxygen atoms in total. The Morgan fingerprint density at radius 2 is 1.87 bits per heavy atom. The topological polar surface area (TPSA) is 64.8 Å². The lowest BCUT2D eigenvalue weighted by molar-refractivity contribution is -0.149. The van der Waals surface area contributed by atoms with E-state index in [1.807, 2.05) is 35.2 Å². The molecule has 2 N–H and O–H groups in total. The largest absolute Gasteiger partial charge is 0.490 e. The highest BCUT2D eigenvalue weighted by Crippen LogP contribution is 2.33. The number of carbonyl (C=O) groups is 1. The van der Waals surface area contributed by atoms with Crippen molar-refractivity contribution in [3.8, 4) is 5.75 Å². The highest BCUT2D eigenvalue weighted by atomic mass is 16.5. The number of benzene rings is 1. The van der Waals surface area contributed by atoms with Crippen molar-refractivity contribution in [3.05, 3.63) is 30.3 Å². The van der Waals surface area contributed by atoms with Gasteiger partial charge in [0, 0.05) is 45.7 Å². The summed E-state index contributed by atoms with van der Waals surface area (Å²) < 4.78 is 11.4. The van der Waals surface area contributed by atoms with Crippen molar-refractivity contribution in [2.24, 2.45) is 11.1 Å². The lowest BCUT2D eigenvalue weighted by Crippen LogP contribution is -2.53. The van der Waals surface area contributed by atoms with E-state index in [0.29, 0.717) is 19.8 Å². The summed E-state index contributed by atoms with van der Waals surface area (Å²) in [5, 5.41) is 0. The van der Waals surface area contributed by atoms with Crippen LogP contribution in [-0.2, 0) is 9.53 Å². The standard InChI is InChI=1S/C18H26N2O3/c19-14-18(8-12-22-13-9-18)17(21)20-10-6-16(7-11-20)23-15-4-2-1-3-5-15/h1-5,16H,6-14,19H2. The number of likely N-dealkylation sites (tertiary alicyclic amines) is 1. The number of piperidine rings is 1. The minimum absolute atomic E-state index is 0.185. The Morgan fingerprint density at radius 1 is 1.22 bits per heavy atom. The SMILES string of the molecule is NCC1(C(=O)N2CCC(Oc3ccccc3)CC2)CCOCC1. The molecule has 23 heavy (non-hydrogen) atoms. The van der Waals surface area contributed by atoms with Crippen LogP contribution in [0.25, 0.3) is 0 Å². The van der Waals surface area contributed by atoms with Gasteiger partial charge in [-0.2, -0.15) is 0 Å². The average Bonchev–Trinajstić information content (AvgIpc) is 2.63. The zero-order chi connectivity index (χ0) is 16.1. The third-order valence-corrected chi connectivity index (χ3v) is 5.07. The number of para-hydroxylation sites is 1. The van der Waals surface area contributed by atoms with Gasteiger partial charge in [0.05, 0.1) is 5.41 Å². The second-order valence-electron chi connectivity index (χ2n) is 6.52. The van der Waals surface area contributed by atoms with Crippen LogP contribution in [0.4, 0.5) is 0 Å². The Hall–Kier alpha value is -1.59. The molecule has 0 unspecified atom stereocenters. The van der Waals surface area contributed by atoms with E-state index in [9.17, 15) is 4.79 Å². The van der Waals surface area contributed by atoms with Gasteiger partial charge >= 0.3 is 0 Å². The number of nitrogens with zero attached hydrogens (tertiary/aromatic N) is 1. The Balaban J connectivity index is 1.55. The lowest BCUT2D eigenvalue weighted by Gasteiger charge is -2.41. The minimum Gasteiger partial charge on any atom is -0.490 e. The molecular weight excluding hydrogens is 292 g/mol. The minimum atomic E-state index is -0.411. The fraction of sp³-hybridized carbons (Fsp3) is 0.611. The molecule has 126 valence electrons. The predicted octanol–water partition coefficient (Wildman–Crippen LogP) is 1.81. The van der Waals surface area contributed by atoms with Gasteiger partial charge in [-0.15, -0.1) is 0 Å².